The third-order valence-electron chi connectivity index (χ3n) is 6.46. The highest BCUT2D eigenvalue weighted by Gasteiger charge is 2.40. The van der Waals surface area contributed by atoms with Crippen LogP contribution in [0.3, 0.4) is 0 Å². The van der Waals surface area contributed by atoms with Crippen molar-refractivity contribution in [3.05, 3.63) is 101 Å². The quantitative estimate of drug-likeness (QED) is 0.351. The van der Waals surface area contributed by atoms with Crippen LogP contribution in [0.2, 0.25) is 5.02 Å². The van der Waals surface area contributed by atoms with Crippen LogP contribution in [0.4, 0.5) is 0 Å². The molecule has 0 aliphatic heterocycles. The van der Waals surface area contributed by atoms with Crippen LogP contribution in [0.5, 0.6) is 11.6 Å². The topological polar surface area (TPSA) is 87.2 Å². The Kier molecular flexibility index (Phi) is 6.15. The highest BCUT2D eigenvalue weighted by molar-refractivity contribution is 6.37. The number of aromatic nitrogens is 5. The molecule has 0 saturated heterocycles. The summed E-state index contributed by atoms with van der Waals surface area (Å²) in [6, 6.07) is 15.2. The van der Waals surface area contributed by atoms with Crippen molar-refractivity contribution in [3.8, 4) is 11.6 Å². The van der Waals surface area contributed by atoms with Crippen LogP contribution in [0, 0.1) is 6.92 Å². The number of hydrogen-bond donors (Lipinski definition) is 1. The maximum Gasteiger partial charge on any atom is 0.258 e. The number of methoxy groups -OCH3 is 1. The summed E-state index contributed by atoms with van der Waals surface area (Å²) in [5.41, 5.74) is 1.82. The predicted octanol–water partition coefficient (Wildman–Crippen LogP) is 4.54. The van der Waals surface area contributed by atoms with E-state index < -0.39 is 5.60 Å². The van der Waals surface area contributed by atoms with Gasteiger partial charge in [-0.3, -0.25) is 0 Å². The maximum atomic E-state index is 12.3. The van der Waals surface area contributed by atoms with Gasteiger partial charge in [-0.1, -0.05) is 48.0 Å². The Labute approximate surface area is 213 Å². The lowest BCUT2D eigenvalue weighted by Crippen LogP contribution is -2.33. The SMILES string of the molecule is COc1nc2ccc(C(O)(c3cncn3C)c3cnc(C)n3C)cc2c(Cl)c1OCc1ccccc1. The lowest BCUT2D eigenvalue weighted by atomic mass is 9.86. The molecule has 36 heavy (non-hydrogen) atoms. The van der Waals surface area contributed by atoms with Gasteiger partial charge < -0.3 is 23.7 Å². The van der Waals surface area contributed by atoms with E-state index in [4.69, 9.17) is 21.1 Å². The van der Waals surface area contributed by atoms with Crippen molar-refractivity contribution in [2.75, 3.05) is 7.11 Å². The number of benzene rings is 2. The summed E-state index contributed by atoms with van der Waals surface area (Å²) < 4.78 is 15.2. The van der Waals surface area contributed by atoms with Gasteiger partial charge in [0.2, 0.25) is 5.75 Å². The van der Waals surface area contributed by atoms with Gasteiger partial charge in [0, 0.05) is 19.5 Å². The van der Waals surface area contributed by atoms with E-state index in [0.29, 0.717) is 51.1 Å². The van der Waals surface area contributed by atoms with Gasteiger partial charge in [0.05, 0.1) is 47.8 Å². The number of halogens is 1. The van der Waals surface area contributed by atoms with E-state index in [2.05, 4.69) is 15.0 Å². The molecule has 5 aromatic rings. The summed E-state index contributed by atoms with van der Waals surface area (Å²) in [4.78, 5) is 13.3. The van der Waals surface area contributed by atoms with E-state index in [1.807, 2.05) is 74.1 Å². The normalized spacial score (nSPS) is 13.1. The highest BCUT2D eigenvalue weighted by Crippen LogP contribution is 2.43. The van der Waals surface area contributed by atoms with Gasteiger partial charge >= 0.3 is 0 Å². The van der Waals surface area contributed by atoms with Crippen LogP contribution in [-0.2, 0) is 26.3 Å². The Morgan fingerprint density at radius 2 is 1.83 bits per heavy atom. The zero-order valence-electron chi connectivity index (χ0n) is 20.4. The molecule has 1 unspecified atom stereocenters. The van der Waals surface area contributed by atoms with Gasteiger partial charge in [-0.2, -0.15) is 0 Å². The Morgan fingerprint density at radius 1 is 1.06 bits per heavy atom. The van der Waals surface area contributed by atoms with Crippen LogP contribution in [0.1, 0.15) is 28.3 Å². The minimum Gasteiger partial charge on any atom is -0.482 e. The third kappa shape index (κ3) is 3.88. The fraction of sp³-hybridized carbons (Fsp3) is 0.222. The fourth-order valence-corrected chi connectivity index (χ4v) is 4.66. The van der Waals surface area contributed by atoms with Crippen LogP contribution >= 0.6 is 11.6 Å². The van der Waals surface area contributed by atoms with Crippen LogP contribution < -0.4 is 9.47 Å². The van der Waals surface area contributed by atoms with E-state index in [0.717, 1.165) is 11.4 Å². The summed E-state index contributed by atoms with van der Waals surface area (Å²) in [5, 5.41) is 13.3. The van der Waals surface area contributed by atoms with Crippen molar-refractivity contribution in [1.29, 1.82) is 0 Å². The van der Waals surface area contributed by atoms with E-state index >= 15 is 0 Å². The maximum absolute atomic E-state index is 12.3. The number of pyridine rings is 1. The molecule has 3 aromatic heterocycles. The number of nitrogens with zero attached hydrogens (tertiary/aromatic N) is 5. The molecular weight excluding hydrogens is 478 g/mol. The van der Waals surface area contributed by atoms with Gasteiger partial charge in [0.1, 0.15) is 12.4 Å². The Balaban J connectivity index is 1.68. The highest BCUT2D eigenvalue weighted by atomic mass is 35.5. The van der Waals surface area contributed by atoms with Crippen molar-refractivity contribution >= 4 is 22.5 Å². The minimum absolute atomic E-state index is 0.292. The number of imidazole rings is 2. The second-order valence-electron chi connectivity index (χ2n) is 8.62. The molecule has 0 aliphatic carbocycles. The molecule has 1 atom stereocenters. The zero-order chi connectivity index (χ0) is 25.4. The number of hydrogen-bond acceptors (Lipinski definition) is 6. The number of aryl methyl sites for hydroxylation is 2. The van der Waals surface area contributed by atoms with Crippen molar-refractivity contribution in [2.45, 2.75) is 19.1 Å². The fourth-order valence-electron chi connectivity index (χ4n) is 4.37. The average Bonchev–Trinajstić information content (AvgIpc) is 3.48. The lowest BCUT2D eigenvalue weighted by Gasteiger charge is -2.30. The van der Waals surface area contributed by atoms with Crippen molar-refractivity contribution in [2.24, 2.45) is 14.1 Å². The first-order valence-corrected chi connectivity index (χ1v) is 11.7. The van der Waals surface area contributed by atoms with Gasteiger partial charge in [0.25, 0.3) is 5.88 Å². The van der Waals surface area contributed by atoms with Gasteiger partial charge in [0.15, 0.2) is 5.60 Å². The molecule has 184 valence electrons. The smallest absolute Gasteiger partial charge is 0.258 e. The molecule has 0 amide bonds. The average molecular weight is 504 g/mol. The molecule has 0 aliphatic rings. The zero-order valence-corrected chi connectivity index (χ0v) is 21.2. The Bertz CT molecular complexity index is 1550. The molecule has 0 spiro atoms. The molecule has 2 aromatic carbocycles. The number of rotatable bonds is 7. The molecule has 0 radical (unpaired) electrons. The summed E-state index contributed by atoms with van der Waals surface area (Å²) in [6.07, 6.45) is 4.98. The molecule has 5 rings (SSSR count). The second-order valence-corrected chi connectivity index (χ2v) is 9.00. The molecule has 3 heterocycles. The predicted molar refractivity (Wildman–Crippen MR) is 137 cm³/mol. The molecule has 0 bridgehead atoms. The first-order chi connectivity index (χ1) is 17.3. The molecular formula is C27H26ClN5O3. The van der Waals surface area contributed by atoms with Gasteiger partial charge in [-0.15, -0.1) is 0 Å². The number of aliphatic hydroxyl groups is 1. The minimum atomic E-state index is -1.55. The number of ether oxygens (including phenoxy) is 2. The van der Waals surface area contributed by atoms with E-state index in [1.54, 1.807) is 23.3 Å². The Morgan fingerprint density at radius 3 is 2.47 bits per heavy atom. The summed E-state index contributed by atoms with van der Waals surface area (Å²) >= 11 is 6.89. The molecule has 1 N–H and O–H groups in total. The summed E-state index contributed by atoms with van der Waals surface area (Å²) in [5.74, 6) is 1.40. The molecule has 8 nitrogen and oxygen atoms in total. The van der Waals surface area contributed by atoms with E-state index in [1.165, 1.54) is 7.11 Å². The summed E-state index contributed by atoms with van der Waals surface area (Å²) in [7, 11) is 5.24. The van der Waals surface area contributed by atoms with E-state index in [9.17, 15) is 5.11 Å². The number of fused-ring (bicyclic) bond motifs is 1. The second kappa shape index (κ2) is 9.29. The van der Waals surface area contributed by atoms with Crippen LogP contribution in [-0.4, -0.2) is 36.3 Å². The van der Waals surface area contributed by atoms with Crippen molar-refractivity contribution in [1.82, 2.24) is 24.1 Å². The largest absolute Gasteiger partial charge is 0.482 e. The van der Waals surface area contributed by atoms with Crippen molar-refractivity contribution in [3.63, 3.8) is 0 Å². The van der Waals surface area contributed by atoms with Gasteiger partial charge in [-0.05, 0) is 30.2 Å². The lowest BCUT2D eigenvalue weighted by molar-refractivity contribution is 0.109. The first kappa shape index (κ1) is 23.8. The summed E-state index contributed by atoms with van der Waals surface area (Å²) in [6.45, 7) is 2.19. The third-order valence-corrected chi connectivity index (χ3v) is 6.84. The van der Waals surface area contributed by atoms with Crippen LogP contribution in [0.25, 0.3) is 10.9 Å². The van der Waals surface area contributed by atoms with Crippen LogP contribution in [0.15, 0.2) is 67.3 Å². The Hall–Kier alpha value is -3.88. The first-order valence-electron chi connectivity index (χ1n) is 11.4. The van der Waals surface area contributed by atoms with Gasteiger partial charge in [-0.25, -0.2) is 15.0 Å². The van der Waals surface area contributed by atoms with E-state index in [-0.39, 0.29) is 0 Å². The monoisotopic (exact) mass is 503 g/mol. The molecule has 0 fully saturated rings. The van der Waals surface area contributed by atoms with Crippen molar-refractivity contribution < 1.29 is 14.6 Å². The standard InChI is InChI=1S/C27H26ClN5O3/c1-17-30-14-23(33(17)3)27(34,22-13-29-16-32(22)2)19-10-11-21-20(12-19)24(28)25(26(31-21)35-4)36-15-18-8-6-5-7-9-18/h5-14,16,34H,15H2,1-4H3. The molecule has 9 heteroatoms. The molecule has 0 saturated carbocycles.